The summed E-state index contributed by atoms with van der Waals surface area (Å²) in [6.07, 6.45) is 1.72. The maximum Gasteiger partial charge on any atom is 0.105 e. The van der Waals surface area contributed by atoms with Crippen LogP contribution >= 0.6 is 12.2 Å². The molecule has 0 unspecified atom stereocenters. The molecule has 2 nitrogen and oxygen atoms in total. The first-order valence-corrected chi connectivity index (χ1v) is 4.39. The zero-order valence-electron chi connectivity index (χ0n) is 7.45. The van der Waals surface area contributed by atoms with Crippen LogP contribution in [0.25, 0.3) is 0 Å². The zero-order chi connectivity index (χ0) is 9.68. The largest absolute Gasteiger partial charge is 0.402 e. The molecule has 68 valence electrons. The third-order valence-electron chi connectivity index (χ3n) is 1.40. The lowest BCUT2D eigenvalue weighted by Gasteiger charge is -2.03. The molecule has 0 aliphatic heterocycles. The van der Waals surface area contributed by atoms with Crippen LogP contribution in [0.15, 0.2) is 42.1 Å². The van der Waals surface area contributed by atoms with Crippen molar-refractivity contribution < 1.29 is 0 Å². The molecule has 1 rings (SSSR count). The Balaban J connectivity index is 2.61. The Bertz CT molecular complexity index is 313. The van der Waals surface area contributed by atoms with Crippen molar-refractivity contribution in [3.05, 3.63) is 42.1 Å². The van der Waals surface area contributed by atoms with Gasteiger partial charge >= 0.3 is 0 Å². The standard InChI is InChI=1S/C10H12N2S/c1-8(11)7-10(13)12-9-5-3-2-4-6-9/h2-7H,11H2,1H3,(H,12,13). The van der Waals surface area contributed by atoms with Crippen LogP contribution in [-0.4, -0.2) is 4.99 Å². The predicted molar refractivity (Wildman–Crippen MR) is 60.6 cm³/mol. The summed E-state index contributed by atoms with van der Waals surface area (Å²) in [6.45, 7) is 1.80. The number of anilines is 1. The highest BCUT2D eigenvalue weighted by atomic mass is 32.1. The lowest BCUT2D eigenvalue weighted by atomic mass is 10.3. The Hall–Kier alpha value is -1.35. The van der Waals surface area contributed by atoms with Crippen molar-refractivity contribution in [2.75, 3.05) is 5.32 Å². The minimum Gasteiger partial charge on any atom is -0.402 e. The van der Waals surface area contributed by atoms with Gasteiger partial charge in [0.2, 0.25) is 0 Å². The molecular formula is C10H12N2S. The number of hydrogen-bond donors (Lipinski definition) is 2. The summed E-state index contributed by atoms with van der Waals surface area (Å²) in [7, 11) is 0. The molecule has 0 atom stereocenters. The highest BCUT2D eigenvalue weighted by molar-refractivity contribution is 7.81. The Morgan fingerprint density at radius 3 is 2.54 bits per heavy atom. The maximum atomic E-state index is 5.48. The van der Waals surface area contributed by atoms with Crippen molar-refractivity contribution in [1.82, 2.24) is 0 Å². The van der Waals surface area contributed by atoms with Gasteiger partial charge < -0.3 is 11.1 Å². The van der Waals surface area contributed by atoms with Gasteiger partial charge in [-0.05, 0) is 25.1 Å². The molecule has 0 aliphatic carbocycles. The highest BCUT2D eigenvalue weighted by Crippen LogP contribution is 2.05. The van der Waals surface area contributed by atoms with Crippen LogP contribution in [0.4, 0.5) is 5.69 Å². The quantitative estimate of drug-likeness (QED) is 0.557. The second kappa shape index (κ2) is 4.62. The molecule has 0 bridgehead atoms. The number of thiocarbonyl (C=S) groups is 1. The molecular weight excluding hydrogens is 180 g/mol. The lowest BCUT2D eigenvalue weighted by molar-refractivity contribution is 1.33. The van der Waals surface area contributed by atoms with Crippen LogP contribution < -0.4 is 11.1 Å². The minimum atomic E-state index is 0.631. The second-order valence-corrected chi connectivity index (χ2v) is 3.18. The minimum absolute atomic E-state index is 0.631. The molecule has 0 aromatic heterocycles. The average Bonchev–Trinajstić information content (AvgIpc) is 2.04. The van der Waals surface area contributed by atoms with E-state index in [4.69, 9.17) is 18.0 Å². The predicted octanol–water partition coefficient (Wildman–Crippen LogP) is 2.29. The molecule has 0 spiro atoms. The molecule has 1 aromatic rings. The van der Waals surface area contributed by atoms with E-state index in [1.807, 2.05) is 30.3 Å². The first-order chi connectivity index (χ1) is 6.18. The molecule has 0 aliphatic rings. The summed E-state index contributed by atoms with van der Waals surface area (Å²) < 4.78 is 0. The lowest BCUT2D eigenvalue weighted by Crippen LogP contribution is -2.07. The molecule has 0 heterocycles. The summed E-state index contributed by atoms with van der Waals surface area (Å²) in [5.41, 5.74) is 7.16. The molecule has 3 heteroatoms. The van der Waals surface area contributed by atoms with E-state index in [0.717, 1.165) is 5.69 Å². The number of para-hydroxylation sites is 1. The molecule has 0 fully saturated rings. The van der Waals surface area contributed by atoms with Gasteiger partial charge in [0.05, 0.1) is 0 Å². The van der Waals surface area contributed by atoms with E-state index in [0.29, 0.717) is 10.7 Å². The van der Waals surface area contributed by atoms with Crippen molar-refractivity contribution in [3.8, 4) is 0 Å². The van der Waals surface area contributed by atoms with E-state index < -0.39 is 0 Å². The summed E-state index contributed by atoms with van der Waals surface area (Å²) >= 11 is 5.04. The molecule has 0 amide bonds. The van der Waals surface area contributed by atoms with E-state index in [1.165, 1.54) is 0 Å². The summed E-state index contributed by atoms with van der Waals surface area (Å²) in [4.78, 5) is 0.631. The number of allylic oxidation sites excluding steroid dienone is 1. The van der Waals surface area contributed by atoms with Crippen molar-refractivity contribution in [3.63, 3.8) is 0 Å². The smallest absolute Gasteiger partial charge is 0.105 e. The molecule has 1 aromatic carbocycles. The first-order valence-electron chi connectivity index (χ1n) is 3.98. The monoisotopic (exact) mass is 192 g/mol. The maximum absolute atomic E-state index is 5.48. The van der Waals surface area contributed by atoms with Crippen LogP contribution in [0, 0.1) is 0 Å². The number of benzene rings is 1. The van der Waals surface area contributed by atoms with E-state index in [-0.39, 0.29) is 0 Å². The molecule has 0 radical (unpaired) electrons. The average molecular weight is 192 g/mol. The normalized spacial score (nSPS) is 11.0. The van der Waals surface area contributed by atoms with E-state index in [9.17, 15) is 0 Å². The van der Waals surface area contributed by atoms with Crippen molar-refractivity contribution in [2.45, 2.75) is 6.92 Å². The zero-order valence-corrected chi connectivity index (χ0v) is 8.27. The van der Waals surface area contributed by atoms with Crippen LogP contribution in [0.1, 0.15) is 6.92 Å². The third kappa shape index (κ3) is 3.71. The fourth-order valence-electron chi connectivity index (χ4n) is 0.907. The van der Waals surface area contributed by atoms with Crippen molar-refractivity contribution >= 4 is 22.9 Å². The Kier molecular flexibility index (Phi) is 3.46. The molecule has 13 heavy (non-hydrogen) atoms. The van der Waals surface area contributed by atoms with Gasteiger partial charge in [0.1, 0.15) is 4.99 Å². The van der Waals surface area contributed by atoms with Gasteiger partial charge in [0.15, 0.2) is 0 Å². The molecule has 0 saturated heterocycles. The topological polar surface area (TPSA) is 38.0 Å². The van der Waals surface area contributed by atoms with Gasteiger partial charge in [-0.25, -0.2) is 0 Å². The summed E-state index contributed by atoms with van der Waals surface area (Å²) in [6, 6.07) is 9.75. The Morgan fingerprint density at radius 2 is 2.00 bits per heavy atom. The number of rotatable bonds is 2. The van der Waals surface area contributed by atoms with Crippen LogP contribution in [-0.2, 0) is 0 Å². The van der Waals surface area contributed by atoms with Crippen LogP contribution in [0.2, 0.25) is 0 Å². The summed E-state index contributed by atoms with van der Waals surface area (Å²) in [5.74, 6) is 0. The van der Waals surface area contributed by atoms with Gasteiger partial charge in [-0.1, -0.05) is 30.4 Å². The Morgan fingerprint density at radius 1 is 1.38 bits per heavy atom. The van der Waals surface area contributed by atoms with E-state index in [1.54, 1.807) is 13.0 Å². The Labute approximate surface area is 83.5 Å². The SMILES string of the molecule is CC(N)=CC(=S)Nc1ccccc1. The van der Waals surface area contributed by atoms with Gasteiger partial charge in [-0.3, -0.25) is 0 Å². The number of nitrogens with two attached hydrogens (primary N) is 1. The fraction of sp³-hybridized carbons (Fsp3) is 0.100. The molecule has 0 saturated carbocycles. The number of nitrogens with one attached hydrogen (secondary N) is 1. The van der Waals surface area contributed by atoms with Gasteiger partial charge in [0, 0.05) is 11.4 Å². The first kappa shape index (κ1) is 9.74. The fourth-order valence-corrected chi connectivity index (χ4v) is 1.21. The highest BCUT2D eigenvalue weighted by Gasteiger charge is 1.92. The number of hydrogen-bond acceptors (Lipinski definition) is 2. The second-order valence-electron chi connectivity index (χ2n) is 2.74. The molecule has 3 N–H and O–H groups in total. The van der Waals surface area contributed by atoms with E-state index in [2.05, 4.69) is 5.32 Å². The van der Waals surface area contributed by atoms with Crippen LogP contribution in [0.3, 0.4) is 0 Å². The van der Waals surface area contributed by atoms with Gasteiger partial charge in [-0.2, -0.15) is 0 Å². The third-order valence-corrected chi connectivity index (χ3v) is 1.62. The van der Waals surface area contributed by atoms with Crippen LogP contribution in [0.5, 0.6) is 0 Å². The van der Waals surface area contributed by atoms with E-state index >= 15 is 0 Å². The van der Waals surface area contributed by atoms with Gasteiger partial charge in [-0.15, -0.1) is 0 Å². The summed E-state index contributed by atoms with van der Waals surface area (Å²) in [5, 5.41) is 3.05. The van der Waals surface area contributed by atoms with Crippen molar-refractivity contribution in [2.24, 2.45) is 5.73 Å². The van der Waals surface area contributed by atoms with Crippen molar-refractivity contribution in [1.29, 1.82) is 0 Å². The van der Waals surface area contributed by atoms with Gasteiger partial charge in [0.25, 0.3) is 0 Å².